The molecule has 15 rings (SSSR count). The van der Waals surface area contributed by atoms with Crippen molar-refractivity contribution in [2.24, 2.45) is 11.2 Å². The summed E-state index contributed by atoms with van der Waals surface area (Å²) in [4.78, 5) is 152. The number of likely N-dealkylation sites (N-methyl/N-ethyl adjacent to an activating group) is 1. The van der Waals surface area contributed by atoms with Crippen molar-refractivity contribution in [1.29, 1.82) is 0 Å². The normalized spacial score (nSPS) is 25.6. The van der Waals surface area contributed by atoms with Crippen LogP contribution in [0.5, 0.6) is 69.0 Å². The highest BCUT2D eigenvalue weighted by atomic mass is 35.5. The van der Waals surface area contributed by atoms with Crippen molar-refractivity contribution in [3.05, 3.63) is 169 Å². The number of phenols is 4. The second-order valence-corrected chi connectivity index (χ2v) is 33.8. The zero-order valence-electron chi connectivity index (χ0n) is 70.5. The summed E-state index contributed by atoms with van der Waals surface area (Å²) in [5, 5.41) is 162. The molecule has 0 spiro atoms. The molecule has 17 bridgehead atoms. The van der Waals surface area contributed by atoms with E-state index in [9.17, 15) is 75.8 Å². The number of nitrogens with zero attached hydrogens (tertiary/aromatic N) is 3. The maximum Gasteiger partial charge on any atom is 0.335 e. The number of carboxylic acids is 1. The van der Waals surface area contributed by atoms with Crippen LogP contribution in [0.4, 0.5) is 0 Å². The second-order valence-electron chi connectivity index (χ2n) is 33.0. The molecule has 18 atom stereocenters. The van der Waals surface area contributed by atoms with Crippen LogP contribution in [0.25, 0.3) is 11.1 Å². The standard InChI is InChI=1S/C88H99Cl2N11O29/c1-38(2)13-10-8-6-7-9-11-14-61(107)93-69-73(110)75(112)78(86(121)122)130-87(69)129-77-58-31-43-32-59(77)126-55-24-19-42(29-50(55)89)71(108)68-84(119)97-66(80(115)91-25-12-26-101(5)99-123)48-33-44(103)34-57(127-88-76(113)74(111)72(109)60(37-102)128-88)62(48)47-28-40(17-22-52(47)104)64(81(116)98-68)94-82(117)65(43)95-83(118)67-49-35-46(36-54(106)63(49)90)125-56-30-41(18-23-53(56)105)70(100(3)4)85(120)92-51(79(114)96-67)27-39-15-20-45(124-58)21-16-39/h15-24,28-36,38,51,60,64-76,78,87-88,102-106,108-113H,6-14,25-27,37H2,1-5H3,(H,91,115)(H,92,120)(H,93,107)(H,94,117)(H,95,118)(H,96,114)(H,97,119)(H,98,116)(H,121,122)/t51-,60-,64+,65-,66-,67-,68+,69-,70-,71-,72+,73-,74+,75+,76+,78+,87-,88-/m1/s1. The van der Waals surface area contributed by atoms with Crippen molar-refractivity contribution in [2.75, 3.05) is 40.8 Å². The Balaban J connectivity index is 1.04. The molecule has 7 aromatic carbocycles. The van der Waals surface area contributed by atoms with E-state index in [4.69, 9.17) is 56.4 Å². The molecule has 8 amide bonds. The lowest BCUT2D eigenvalue weighted by atomic mass is 9.89. The number of hydrogen-bond acceptors (Lipinski definition) is 30. The smallest absolute Gasteiger partial charge is 0.335 e. The predicted octanol–water partition coefficient (Wildman–Crippen LogP) is 4.56. The van der Waals surface area contributed by atoms with Crippen LogP contribution < -0.4 is 66.2 Å². The fourth-order valence-corrected chi connectivity index (χ4v) is 16.5. The molecule has 130 heavy (non-hydrogen) atoms. The maximum atomic E-state index is 16.9. The summed E-state index contributed by atoms with van der Waals surface area (Å²) >= 11 is 14.3. The van der Waals surface area contributed by atoms with Crippen LogP contribution in [0.2, 0.25) is 10.0 Å². The van der Waals surface area contributed by atoms with E-state index >= 15 is 33.6 Å². The number of aliphatic hydroxyl groups is 7. The number of nitrogens with one attached hydrogen (secondary N) is 8. The summed E-state index contributed by atoms with van der Waals surface area (Å²) in [6.45, 7) is 2.93. The minimum atomic E-state index is -2.47. The number of halogens is 2. The van der Waals surface area contributed by atoms with Crippen LogP contribution in [0, 0.1) is 10.8 Å². The second kappa shape index (κ2) is 41.1. The van der Waals surface area contributed by atoms with Gasteiger partial charge in [-0.05, 0) is 139 Å². The number of nitroso groups, excluding NO2 is 1. The van der Waals surface area contributed by atoms with Gasteiger partial charge in [0.1, 0.15) is 131 Å². The van der Waals surface area contributed by atoms with Crippen molar-refractivity contribution in [3.63, 3.8) is 0 Å². The molecular formula is C88H99Cl2N11O29. The Labute approximate surface area is 751 Å². The first-order valence-electron chi connectivity index (χ1n) is 41.8. The first-order valence-corrected chi connectivity index (χ1v) is 42.6. The molecule has 40 nitrogen and oxygen atoms in total. The van der Waals surface area contributed by atoms with Gasteiger partial charge in [-0.3, -0.25) is 48.3 Å². The number of benzene rings is 7. The van der Waals surface area contributed by atoms with Gasteiger partial charge in [0.2, 0.25) is 65.6 Å². The molecule has 2 fully saturated rings. The Kier molecular flexibility index (Phi) is 30.1. The Morgan fingerprint density at radius 3 is 1.91 bits per heavy atom. The quantitative estimate of drug-likeness (QED) is 0.0237. The van der Waals surface area contributed by atoms with E-state index in [0.29, 0.717) is 24.3 Å². The number of carbonyl (C=O) groups excluding carboxylic acids is 8. The topological polar surface area (TPSA) is 593 Å². The third-order valence-corrected chi connectivity index (χ3v) is 23.7. The number of amides is 8. The summed E-state index contributed by atoms with van der Waals surface area (Å²) in [5.74, 6) is -17.9. The SMILES string of the molecule is CC(C)CCCCCCCCC(=O)N[C@H]1[C@H](Oc2c3cc4cc2Oc2ccc(cc2Cl)[C@@H](O)[C@@H]2NC(=O)[C@@H](NC(=O)[C@@H]4NC(=O)[C@@H]4NC(=O)[C@@H](Cc5ccc(cc5)O3)NC(=O)[C@H](N(C)C)c3ccc(O)c(c3)Oc3cc(O)c(Cl)c4c3)c3ccc(O)c(c3)-c3c(O[C@@H]4O[C@H](CO)[C@H](O)[C@H](O)[C@@H]4O)cc(O)cc3[C@H](C(=O)NCCCN(C)N=O)NC2=O)O[C@H](C(=O)O)[C@@H](O)[C@@H]1O. The number of carboxylic acid groups (broad SMARTS) is 1. The van der Waals surface area contributed by atoms with E-state index in [1.54, 1.807) is 14.1 Å². The van der Waals surface area contributed by atoms with Crippen molar-refractivity contribution in [1.82, 2.24) is 52.4 Å². The van der Waals surface area contributed by atoms with Crippen molar-refractivity contribution >= 4 is 76.4 Å². The summed E-state index contributed by atoms with van der Waals surface area (Å²) in [7, 11) is 4.43. The van der Waals surface area contributed by atoms with E-state index in [0.717, 1.165) is 110 Å². The highest BCUT2D eigenvalue weighted by Crippen LogP contribution is 2.51. The fraction of sp³-hybridized carbons (Fsp3) is 0.420. The fourth-order valence-electron chi connectivity index (χ4n) is 16.1. The molecule has 0 aliphatic carbocycles. The number of carbonyl (C=O) groups is 9. The predicted molar refractivity (Wildman–Crippen MR) is 457 cm³/mol. The Bertz CT molecular complexity index is 5440. The Hall–Kier alpha value is -12.4. The van der Waals surface area contributed by atoms with Crippen molar-refractivity contribution < 1.29 is 138 Å². The molecule has 7 aromatic rings. The van der Waals surface area contributed by atoms with Crippen LogP contribution in [0.15, 0.2) is 121 Å². The molecule has 8 aliphatic rings. The number of aromatic hydroxyl groups is 4. The van der Waals surface area contributed by atoms with Gasteiger partial charge in [-0.1, -0.05) is 106 Å². The van der Waals surface area contributed by atoms with Gasteiger partial charge in [-0.2, -0.15) is 0 Å². The lowest BCUT2D eigenvalue weighted by Crippen LogP contribution is -2.66. The van der Waals surface area contributed by atoms with Crippen LogP contribution in [0.3, 0.4) is 0 Å². The third-order valence-electron chi connectivity index (χ3n) is 22.9. The molecular weight excluding hydrogens is 1750 g/mol. The van der Waals surface area contributed by atoms with Crippen LogP contribution in [-0.2, 0) is 59.0 Å². The number of phenolic OH excluding ortho intramolecular Hbond substituents is 4. The van der Waals surface area contributed by atoms with Gasteiger partial charge in [0.25, 0.3) is 0 Å². The minimum absolute atomic E-state index is 0.00538. The van der Waals surface area contributed by atoms with Gasteiger partial charge in [0.15, 0.2) is 29.1 Å². The van der Waals surface area contributed by atoms with Gasteiger partial charge < -0.3 is 137 Å². The number of ether oxygens (including phenoxy) is 7. The van der Waals surface area contributed by atoms with E-state index < -0.39 is 271 Å². The molecule has 694 valence electrons. The monoisotopic (exact) mass is 1840 g/mol. The van der Waals surface area contributed by atoms with Crippen molar-refractivity contribution in [2.45, 2.75) is 188 Å². The largest absolute Gasteiger partial charge is 0.508 e. The molecule has 0 saturated carbocycles. The van der Waals surface area contributed by atoms with E-state index in [2.05, 4.69) is 61.7 Å². The molecule has 42 heteroatoms. The molecule has 20 N–H and O–H groups in total. The minimum Gasteiger partial charge on any atom is -0.508 e. The number of aliphatic carboxylic acids is 1. The molecule has 8 heterocycles. The average Bonchev–Trinajstić information content (AvgIpc) is 0.761. The van der Waals surface area contributed by atoms with Crippen LogP contribution in [0.1, 0.15) is 147 Å². The molecule has 0 aromatic heterocycles. The number of fused-ring (bicyclic) bond motifs is 14. The van der Waals surface area contributed by atoms with Crippen LogP contribution >= 0.6 is 23.2 Å². The molecule has 8 aliphatic heterocycles. The van der Waals surface area contributed by atoms with E-state index in [1.807, 2.05) is 0 Å². The Morgan fingerprint density at radius 1 is 0.569 bits per heavy atom. The summed E-state index contributed by atoms with van der Waals surface area (Å²) in [6.07, 6.45) is -16.4. The van der Waals surface area contributed by atoms with Gasteiger partial charge >= 0.3 is 5.97 Å². The van der Waals surface area contributed by atoms with Crippen molar-refractivity contribution in [3.8, 4) is 80.1 Å². The summed E-state index contributed by atoms with van der Waals surface area (Å²) in [6, 6.07) is 5.26. The van der Waals surface area contributed by atoms with Gasteiger partial charge in [-0.15, -0.1) is 4.91 Å². The van der Waals surface area contributed by atoms with Gasteiger partial charge in [-0.25, -0.2) is 4.79 Å². The highest BCUT2D eigenvalue weighted by Gasteiger charge is 2.52. The first-order chi connectivity index (χ1) is 62.0. The van der Waals surface area contributed by atoms with E-state index in [-0.39, 0.29) is 54.3 Å². The maximum absolute atomic E-state index is 16.9. The summed E-state index contributed by atoms with van der Waals surface area (Å²) in [5.41, 5.74) is -2.91. The number of hydrogen-bond donors (Lipinski definition) is 20. The van der Waals surface area contributed by atoms with Gasteiger partial charge in [0.05, 0.1) is 21.9 Å². The zero-order valence-corrected chi connectivity index (χ0v) is 72.0. The highest BCUT2D eigenvalue weighted by molar-refractivity contribution is 6.33. The average molecular weight is 1850 g/mol. The first kappa shape index (κ1) is 95.1. The van der Waals surface area contributed by atoms with E-state index in [1.165, 1.54) is 54.4 Å². The number of unbranched alkanes of at least 4 members (excludes halogenated alkanes) is 5. The molecule has 0 unspecified atom stereocenters. The molecule has 2 saturated heterocycles. The zero-order chi connectivity index (χ0) is 93.5. The van der Waals surface area contributed by atoms with Crippen LogP contribution in [-0.4, -0.2) is 239 Å². The third kappa shape index (κ3) is 21.3. The lowest BCUT2D eigenvalue weighted by Gasteiger charge is -2.41. The lowest BCUT2D eigenvalue weighted by molar-refractivity contribution is -0.277. The Morgan fingerprint density at radius 2 is 1.22 bits per heavy atom. The number of rotatable bonds is 23. The number of aliphatic hydroxyl groups excluding tert-OH is 7. The summed E-state index contributed by atoms with van der Waals surface area (Å²) < 4.78 is 44.5. The van der Waals surface area contributed by atoms with Gasteiger partial charge in [0, 0.05) is 61.8 Å². The molecule has 0 radical (unpaired) electrons.